The molecule has 0 atom stereocenters. The lowest BCUT2D eigenvalue weighted by Crippen LogP contribution is -2.11. The second-order valence-corrected chi connectivity index (χ2v) is 6.03. The Kier molecular flexibility index (Phi) is 3.03. The molecule has 5 nitrogen and oxygen atoms in total. The summed E-state index contributed by atoms with van der Waals surface area (Å²) >= 11 is 3.43. The summed E-state index contributed by atoms with van der Waals surface area (Å²) in [6, 6.07) is 10.2. The molecule has 0 aliphatic carbocycles. The van der Waals surface area contributed by atoms with Gasteiger partial charge in [0.2, 0.25) is 5.95 Å². The largest absolute Gasteiger partial charge is 0.385 e. The van der Waals surface area contributed by atoms with Gasteiger partial charge in [-0.3, -0.25) is 0 Å². The van der Waals surface area contributed by atoms with Crippen LogP contribution in [0.3, 0.4) is 0 Å². The molecule has 0 bridgehead atoms. The lowest BCUT2D eigenvalue weighted by molar-refractivity contribution is 0.830. The van der Waals surface area contributed by atoms with Crippen molar-refractivity contribution in [2.24, 2.45) is 0 Å². The van der Waals surface area contributed by atoms with Crippen LogP contribution in [0.1, 0.15) is 12.0 Å². The van der Waals surface area contributed by atoms with E-state index in [-0.39, 0.29) is 0 Å². The molecule has 0 saturated heterocycles. The van der Waals surface area contributed by atoms with E-state index < -0.39 is 0 Å². The highest BCUT2D eigenvalue weighted by Crippen LogP contribution is 2.26. The summed E-state index contributed by atoms with van der Waals surface area (Å²) in [7, 11) is 0. The van der Waals surface area contributed by atoms with Crippen LogP contribution >= 0.6 is 15.9 Å². The first-order chi connectivity index (χ1) is 10.3. The highest BCUT2D eigenvalue weighted by atomic mass is 79.9. The Morgan fingerprint density at radius 3 is 3.14 bits per heavy atom. The molecule has 0 radical (unpaired) electrons. The van der Waals surface area contributed by atoms with E-state index in [1.807, 2.05) is 18.3 Å². The molecular weight excluding hydrogens is 330 g/mol. The number of fused-ring (bicyclic) bond motifs is 2. The second-order valence-electron chi connectivity index (χ2n) is 5.11. The first-order valence-electron chi connectivity index (χ1n) is 6.94. The summed E-state index contributed by atoms with van der Waals surface area (Å²) in [6.45, 7) is 1.06. The summed E-state index contributed by atoms with van der Waals surface area (Å²) in [5, 5.41) is 11.1. The number of rotatable bonds is 2. The molecule has 6 heteroatoms. The molecule has 0 unspecified atom stereocenters. The van der Waals surface area contributed by atoms with Crippen LogP contribution in [0.5, 0.6) is 0 Å². The van der Waals surface area contributed by atoms with Crippen molar-refractivity contribution in [3.63, 3.8) is 0 Å². The fourth-order valence-corrected chi connectivity index (χ4v) is 2.92. The standard InChI is InChI=1S/C15H14BrN5/c16-11-3-6-14-19-15(20-21(14)9-11)18-12-4-5-13-10(8-12)2-1-7-17-13/h3-6,8-9,17H,1-2,7H2,(H,18,20). The topological polar surface area (TPSA) is 54.2 Å². The Hall–Kier alpha value is -2.08. The molecule has 1 aliphatic heterocycles. The third kappa shape index (κ3) is 2.47. The van der Waals surface area contributed by atoms with Crippen LogP contribution in [-0.2, 0) is 6.42 Å². The number of anilines is 3. The van der Waals surface area contributed by atoms with Gasteiger partial charge in [0.15, 0.2) is 5.65 Å². The molecule has 3 aromatic rings. The number of hydrogen-bond acceptors (Lipinski definition) is 4. The molecule has 0 spiro atoms. The molecule has 1 aromatic carbocycles. The van der Waals surface area contributed by atoms with Crippen LogP contribution in [0.25, 0.3) is 5.65 Å². The van der Waals surface area contributed by atoms with Gasteiger partial charge in [-0.05, 0) is 64.7 Å². The predicted octanol–water partition coefficient (Wildman–Crippen LogP) is 3.59. The van der Waals surface area contributed by atoms with E-state index in [1.54, 1.807) is 4.52 Å². The number of pyridine rings is 1. The second kappa shape index (κ2) is 5.04. The minimum Gasteiger partial charge on any atom is -0.385 e. The van der Waals surface area contributed by atoms with Crippen molar-refractivity contribution < 1.29 is 0 Å². The van der Waals surface area contributed by atoms with Gasteiger partial charge in [-0.15, -0.1) is 5.10 Å². The Morgan fingerprint density at radius 2 is 2.19 bits per heavy atom. The average molecular weight is 344 g/mol. The van der Waals surface area contributed by atoms with Crippen LogP contribution in [0.2, 0.25) is 0 Å². The third-order valence-corrected chi connectivity index (χ3v) is 4.06. The van der Waals surface area contributed by atoms with Crippen LogP contribution in [0.4, 0.5) is 17.3 Å². The van der Waals surface area contributed by atoms with E-state index in [2.05, 4.69) is 54.8 Å². The number of aryl methyl sites for hydroxylation is 1. The fourth-order valence-electron chi connectivity index (χ4n) is 2.59. The summed E-state index contributed by atoms with van der Waals surface area (Å²) in [6.07, 6.45) is 4.19. The molecular formula is C15H14BrN5. The zero-order valence-electron chi connectivity index (χ0n) is 11.3. The number of benzene rings is 1. The Labute approximate surface area is 130 Å². The maximum atomic E-state index is 4.47. The molecule has 0 amide bonds. The van der Waals surface area contributed by atoms with Gasteiger partial charge < -0.3 is 10.6 Å². The van der Waals surface area contributed by atoms with Crippen molar-refractivity contribution in [1.82, 2.24) is 14.6 Å². The van der Waals surface area contributed by atoms with E-state index in [0.717, 1.165) is 28.8 Å². The van der Waals surface area contributed by atoms with E-state index in [9.17, 15) is 0 Å². The molecule has 2 N–H and O–H groups in total. The van der Waals surface area contributed by atoms with Gasteiger partial charge in [-0.25, -0.2) is 4.52 Å². The van der Waals surface area contributed by atoms with Crippen molar-refractivity contribution in [2.75, 3.05) is 17.2 Å². The third-order valence-electron chi connectivity index (χ3n) is 3.59. The van der Waals surface area contributed by atoms with E-state index >= 15 is 0 Å². The minimum absolute atomic E-state index is 0.608. The lowest BCUT2D eigenvalue weighted by atomic mass is 10.0. The number of halogens is 1. The van der Waals surface area contributed by atoms with E-state index in [4.69, 9.17) is 0 Å². The number of aromatic nitrogens is 3. The summed E-state index contributed by atoms with van der Waals surface area (Å²) in [4.78, 5) is 4.47. The first kappa shape index (κ1) is 12.6. The summed E-state index contributed by atoms with van der Waals surface area (Å²) in [5.41, 5.74) is 4.42. The SMILES string of the molecule is Brc1ccc2nc(Nc3ccc4c(c3)CCCN4)nn2c1. The molecule has 106 valence electrons. The van der Waals surface area contributed by atoms with Crippen molar-refractivity contribution in [1.29, 1.82) is 0 Å². The number of hydrogen-bond donors (Lipinski definition) is 2. The fraction of sp³-hybridized carbons (Fsp3) is 0.200. The van der Waals surface area contributed by atoms with Gasteiger partial charge in [-0.1, -0.05) is 0 Å². The minimum atomic E-state index is 0.608. The highest BCUT2D eigenvalue weighted by molar-refractivity contribution is 9.10. The van der Waals surface area contributed by atoms with Crippen molar-refractivity contribution >= 4 is 38.9 Å². The molecule has 3 heterocycles. The van der Waals surface area contributed by atoms with Gasteiger partial charge in [0.1, 0.15) is 0 Å². The quantitative estimate of drug-likeness (QED) is 0.746. The smallest absolute Gasteiger partial charge is 0.247 e. The zero-order chi connectivity index (χ0) is 14.2. The van der Waals surface area contributed by atoms with Crippen LogP contribution in [0, 0.1) is 0 Å². The summed E-state index contributed by atoms with van der Waals surface area (Å²) in [5.74, 6) is 0.608. The van der Waals surface area contributed by atoms with E-state index in [1.165, 1.54) is 17.7 Å². The van der Waals surface area contributed by atoms with Crippen molar-refractivity contribution in [3.8, 4) is 0 Å². The number of nitrogens with one attached hydrogen (secondary N) is 2. The van der Waals surface area contributed by atoms with Gasteiger partial charge >= 0.3 is 0 Å². The summed E-state index contributed by atoms with van der Waals surface area (Å²) < 4.78 is 2.73. The van der Waals surface area contributed by atoms with Crippen LogP contribution < -0.4 is 10.6 Å². The first-order valence-corrected chi connectivity index (χ1v) is 7.73. The van der Waals surface area contributed by atoms with Crippen LogP contribution in [0.15, 0.2) is 41.0 Å². The van der Waals surface area contributed by atoms with Crippen LogP contribution in [-0.4, -0.2) is 21.1 Å². The predicted molar refractivity (Wildman–Crippen MR) is 87.2 cm³/mol. The van der Waals surface area contributed by atoms with Gasteiger partial charge in [0.25, 0.3) is 0 Å². The van der Waals surface area contributed by atoms with Crippen molar-refractivity contribution in [2.45, 2.75) is 12.8 Å². The Bertz CT molecular complexity index is 811. The van der Waals surface area contributed by atoms with E-state index in [0.29, 0.717) is 5.95 Å². The highest BCUT2D eigenvalue weighted by Gasteiger charge is 2.10. The molecule has 0 saturated carbocycles. The van der Waals surface area contributed by atoms with Gasteiger partial charge in [-0.2, -0.15) is 4.98 Å². The average Bonchev–Trinajstić information content (AvgIpc) is 2.88. The lowest BCUT2D eigenvalue weighted by Gasteiger charge is -2.18. The monoisotopic (exact) mass is 343 g/mol. The maximum Gasteiger partial charge on any atom is 0.247 e. The van der Waals surface area contributed by atoms with Gasteiger partial charge in [0.05, 0.1) is 0 Å². The molecule has 21 heavy (non-hydrogen) atoms. The molecule has 2 aromatic heterocycles. The van der Waals surface area contributed by atoms with Crippen molar-refractivity contribution in [3.05, 3.63) is 46.6 Å². The maximum absolute atomic E-state index is 4.47. The zero-order valence-corrected chi connectivity index (χ0v) is 12.9. The Balaban J connectivity index is 1.64. The van der Waals surface area contributed by atoms with Gasteiger partial charge in [0, 0.05) is 28.6 Å². The molecule has 4 rings (SSSR count). The Morgan fingerprint density at radius 1 is 1.24 bits per heavy atom. The molecule has 0 fully saturated rings. The number of nitrogens with zero attached hydrogens (tertiary/aromatic N) is 3. The normalized spacial score (nSPS) is 13.8. The molecule has 1 aliphatic rings.